The highest BCUT2D eigenvalue weighted by atomic mass is 16.6. The summed E-state index contributed by atoms with van der Waals surface area (Å²) in [6, 6.07) is 8.28. The van der Waals surface area contributed by atoms with E-state index in [0.717, 1.165) is 6.42 Å². The Morgan fingerprint density at radius 1 is 1.17 bits per heavy atom. The quantitative estimate of drug-likeness (QED) is 0.384. The van der Waals surface area contributed by atoms with E-state index >= 15 is 0 Å². The van der Waals surface area contributed by atoms with Crippen LogP contribution in [0.4, 0.5) is 11.8 Å². The van der Waals surface area contributed by atoms with E-state index in [2.05, 4.69) is 44.5 Å². The first-order chi connectivity index (χ1) is 14.0. The number of nitrogens with zero attached hydrogens (tertiary/aromatic N) is 4. The molecule has 3 aromatic rings. The molecule has 29 heavy (non-hydrogen) atoms. The molecule has 0 radical (unpaired) electrons. The van der Waals surface area contributed by atoms with Gasteiger partial charge in [-0.25, -0.2) is 4.98 Å². The fraction of sp³-hybridized carbons (Fsp3) is 0.421. The highest BCUT2D eigenvalue weighted by molar-refractivity contribution is 5.83. The van der Waals surface area contributed by atoms with E-state index in [9.17, 15) is 15.3 Å². The molecule has 3 heterocycles. The highest BCUT2D eigenvalue weighted by Gasteiger charge is 2.44. The predicted molar refractivity (Wildman–Crippen MR) is 106 cm³/mol. The molecule has 0 spiro atoms. The Balaban J connectivity index is 1.54. The number of hydrogen-bond acceptors (Lipinski definition) is 9. The average Bonchev–Trinajstić information content (AvgIpc) is 3.25. The fourth-order valence-corrected chi connectivity index (χ4v) is 3.39. The number of hydrogen-bond donors (Lipinski definition) is 5. The number of aromatic nitrogens is 4. The zero-order chi connectivity index (χ0) is 20.5. The summed E-state index contributed by atoms with van der Waals surface area (Å²) in [5, 5.41) is 32.8. The number of imidazole rings is 1. The van der Waals surface area contributed by atoms with E-state index in [4.69, 9.17) is 10.5 Å². The maximum Gasteiger partial charge on any atom is 0.226 e. The number of ether oxygens (including phenoxy) is 1. The van der Waals surface area contributed by atoms with Crippen LogP contribution in [0, 0.1) is 6.92 Å². The van der Waals surface area contributed by atoms with Crippen molar-refractivity contribution < 1.29 is 20.1 Å². The molecule has 6 N–H and O–H groups in total. The number of nitrogen functional groups attached to an aromatic ring is 1. The molecule has 4 atom stereocenters. The van der Waals surface area contributed by atoms with Crippen molar-refractivity contribution in [1.29, 1.82) is 0 Å². The van der Waals surface area contributed by atoms with Crippen molar-refractivity contribution in [2.45, 2.75) is 37.9 Å². The van der Waals surface area contributed by atoms with Gasteiger partial charge >= 0.3 is 0 Å². The van der Waals surface area contributed by atoms with Gasteiger partial charge in [0, 0.05) is 6.54 Å². The lowest BCUT2D eigenvalue weighted by Gasteiger charge is -2.16. The smallest absolute Gasteiger partial charge is 0.226 e. The van der Waals surface area contributed by atoms with Crippen LogP contribution >= 0.6 is 0 Å². The molecule has 10 nitrogen and oxygen atoms in total. The summed E-state index contributed by atoms with van der Waals surface area (Å²) < 4.78 is 7.06. The number of fused-ring (bicyclic) bond motifs is 1. The van der Waals surface area contributed by atoms with Crippen LogP contribution in [0.5, 0.6) is 0 Å². The Labute approximate surface area is 167 Å². The van der Waals surface area contributed by atoms with Gasteiger partial charge in [0.15, 0.2) is 17.7 Å². The Morgan fingerprint density at radius 3 is 2.62 bits per heavy atom. The lowest BCUT2D eigenvalue weighted by atomic mass is 10.1. The van der Waals surface area contributed by atoms with E-state index in [-0.39, 0.29) is 5.82 Å². The molecule has 0 bridgehead atoms. The van der Waals surface area contributed by atoms with Gasteiger partial charge in [-0.05, 0) is 18.9 Å². The van der Waals surface area contributed by atoms with Crippen LogP contribution in [0.25, 0.3) is 11.2 Å². The highest BCUT2D eigenvalue weighted by Crippen LogP contribution is 2.32. The summed E-state index contributed by atoms with van der Waals surface area (Å²) in [4.78, 5) is 12.9. The number of nitrogens with two attached hydrogens (primary N) is 1. The standard InChI is InChI=1S/C19H24N6O4/c1-10-2-4-11(5-3-10)6-7-21-19-23-16(20)13-17(24-19)25(9-22-13)18-15(28)14(27)12(8-26)29-18/h2-5,9,12,14-15,18,26-28H,6-8H2,1H3,(H3,20,21,23,24)/t12-,14-,15-,18?/m1/s1. The zero-order valence-electron chi connectivity index (χ0n) is 15.9. The van der Waals surface area contributed by atoms with Crippen LogP contribution in [0.1, 0.15) is 17.4 Å². The third-order valence-corrected chi connectivity index (χ3v) is 5.06. The van der Waals surface area contributed by atoms with Crippen molar-refractivity contribution in [1.82, 2.24) is 19.5 Å². The molecule has 4 rings (SSSR count). The Kier molecular flexibility index (Phi) is 5.33. The van der Waals surface area contributed by atoms with Crippen molar-refractivity contribution in [3.8, 4) is 0 Å². The normalized spacial score (nSPS) is 24.3. The van der Waals surface area contributed by atoms with Gasteiger partial charge < -0.3 is 31.1 Å². The third-order valence-electron chi connectivity index (χ3n) is 5.06. The van der Waals surface area contributed by atoms with E-state index in [1.165, 1.54) is 22.0 Å². The van der Waals surface area contributed by atoms with Crippen LogP contribution in [0.3, 0.4) is 0 Å². The number of aliphatic hydroxyl groups excluding tert-OH is 3. The summed E-state index contributed by atoms with van der Waals surface area (Å²) in [7, 11) is 0. The minimum Gasteiger partial charge on any atom is -0.394 e. The van der Waals surface area contributed by atoms with Crippen molar-refractivity contribution >= 4 is 22.9 Å². The van der Waals surface area contributed by atoms with Crippen LogP contribution in [0.15, 0.2) is 30.6 Å². The Hall–Kier alpha value is -2.79. The molecule has 0 saturated carbocycles. The van der Waals surface area contributed by atoms with Gasteiger partial charge in [0.25, 0.3) is 0 Å². The molecule has 1 aliphatic rings. The van der Waals surface area contributed by atoms with Gasteiger partial charge in [-0.15, -0.1) is 0 Å². The van der Waals surface area contributed by atoms with E-state index in [0.29, 0.717) is 23.7 Å². The largest absolute Gasteiger partial charge is 0.394 e. The van der Waals surface area contributed by atoms with Crippen LogP contribution in [-0.4, -0.2) is 66.3 Å². The number of anilines is 2. The SMILES string of the molecule is Cc1ccc(CCNc2nc(N)c3ncn(C4O[C@H](CO)[C@@H](O)[C@H]4O)c3n2)cc1. The molecule has 0 amide bonds. The molecule has 1 saturated heterocycles. The van der Waals surface area contributed by atoms with E-state index in [1.54, 1.807) is 0 Å². The zero-order valence-corrected chi connectivity index (χ0v) is 15.9. The fourth-order valence-electron chi connectivity index (χ4n) is 3.39. The second-order valence-corrected chi connectivity index (χ2v) is 7.15. The first kappa shape index (κ1) is 19.5. The predicted octanol–water partition coefficient (Wildman–Crippen LogP) is -0.0170. The second-order valence-electron chi connectivity index (χ2n) is 7.15. The number of nitrogens with one attached hydrogen (secondary N) is 1. The van der Waals surface area contributed by atoms with E-state index < -0.39 is 31.1 Å². The Bertz CT molecular complexity index is 992. The summed E-state index contributed by atoms with van der Waals surface area (Å²) in [5.41, 5.74) is 9.16. The number of benzene rings is 1. The van der Waals surface area contributed by atoms with Crippen molar-refractivity contribution in [3.63, 3.8) is 0 Å². The second kappa shape index (κ2) is 7.91. The first-order valence-electron chi connectivity index (χ1n) is 9.40. The van der Waals surface area contributed by atoms with Crippen molar-refractivity contribution in [3.05, 3.63) is 41.7 Å². The van der Waals surface area contributed by atoms with Crippen LogP contribution in [-0.2, 0) is 11.2 Å². The molecule has 2 aromatic heterocycles. The van der Waals surface area contributed by atoms with E-state index in [1.807, 2.05) is 6.92 Å². The lowest BCUT2D eigenvalue weighted by molar-refractivity contribution is -0.0511. The summed E-state index contributed by atoms with van der Waals surface area (Å²) in [6.07, 6.45) is -2.07. The molecule has 1 aromatic carbocycles. The van der Waals surface area contributed by atoms with Crippen molar-refractivity contribution in [2.24, 2.45) is 0 Å². The lowest BCUT2D eigenvalue weighted by Crippen LogP contribution is -2.33. The molecule has 1 fully saturated rings. The maximum atomic E-state index is 10.3. The Morgan fingerprint density at radius 2 is 1.93 bits per heavy atom. The summed E-state index contributed by atoms with van der Waals surface area (Å²) >= 11 is 0. The minimum atomic E-state index is -1.24. The monoisotopic (exact) mass is 400 g/mol. The molecule has 0 aliphatic carbocycles. The summed E-state index contributed by atoms with van der Waals surface area (Å²) in [5.74, 6) is 0.522. The summed E-state index contributed by atoms with van der Waals surface area (Å²) in [6.45, 7) is 2.24. The van der Waals surface area contributed by atoms with Gasteiger partial charge in [0.2, 0.25) is 5.95 Å². The third kappa shape index (κ3) is 3.75. The van der Waals surface area contributed by atoms with Gasteiger partial charge in [-0.1, -0.05) is 29.8 Å². The molecular formula is C19H24N6O4. The molecule has 1 aliphatic heterocycles. The molecule has 10 heteroatoms. The van der Waals surface area contributed by atoms with Crippen LogP contribution < -0.4 is 11.1 Å². The van der Waals surface area contributed by atoms with Crippen LogP contribution in [0.2, 0.25) is 0 Å². The number of aliphatic hydroxyl groups is 3. The topological polar surface area (TPSA) is 152 Å². The van der Waals surface area contributed by atoms with Gasteiger partial charge in [0.1, 0.15) is 23.8 Å². The minimum absolute atomic E-state index is 0.193. The average molecular weight is 400 g/mol. The number of aryl methyl sites for hydroxylation is 1. The maximum absolute atomic E-state index is 10.3. The molecule has 1 unspecified atom stereocenters. The van der Waals surface area contributed by atoms with Gasteiger partial charge in [-0.2, -0.15) is 9.97 Å². The first-order valence-corrected chi connectivity index (χ1v) is 9.40. The van der Waals surface area contributed by atoms with Gasteiger partial charge in [-0.3, -0.25) is 4.57 Å². The van der Waals surface area contributed by atoms with Crippen molar-refractivity contribution in [2.75, 3.05) is 24.2 Å². The number of rotatable bonds is 6. The molecular weight excluding hydrogens is 376 g/mol. The molecule has 154 valence electrons. The van der Waals surface area contributed by atoms with Gasteiger partial charge in [0.05, 0.1) is 12.9 Å².